The van der Waals surface area contributed by atoms with E-state index in [0.29, 0.717) is 80.6 Å². The van der Waals surface area contributed by atoms with Crippen molar-refractivity contribution in [3.63, 3.8) is 0 Å². The molecule has 0 aliphatic heterocycles. The maximum atomic E-state index is 15.6. The number of benzene rings is 9. The maximum absolute atomic E-state index is 15.6. The Labute approximate surface area is 684 Å². The van der Waals surface area contributed by atoms with Gasteiger partial charge in [0.2, 0.25) is 23.3 Å². The van der Waals surface area contributed by atoms with Crippen LogP contribution >= 0.6 is 7.92 Å². The van der Waals surface area contributed by atoms with Crippen LogP contribution in [0.25, 0.3) is 44.5 Å². The summed E-state index contributed by atoms with van der Waals surface area (Å²) in [7, 11) is -4.45. The van der Waals surface area contributed by atoms with Crippen LogP contribution in [0.1, 0.15) is 97.5 Å². The van der Waals surface area contributed by atoms with E-state index < -0.39 is 343 Å². The zero-order valence-electron chi connectivity index (χ0n) is 62.4. The summed E-state index contributed by atoms with van der Waals surface area (Å²) in [5, 5.41) is -2.12. The third kappa shape index (κ3) is 22.7. The number of hydrogen-bond donors (Lipinski definition) is 1. The van der Waals surface area contributed by atoms with Gasteiger partial charge in [0.25, 0.3) is 0 Å². The van der Waals surface area contributed by atoms with Gasteiger partial charge in [-0.25, -0.2) is 154 Å². The fourth-order valence-electron chi connectivity index (χ4n) is 11.0. The molecule has 9 rings (SSSR count). The first-order valence-electron chi connectivity index (χ1n) is 34.3. The van der Waals surface area contributed by atoms with Gasteiger partial charge >= 0.3 is 53.1 Å². The molecule has 126 heavy (non-hydrogen) atoms. The molecule has 0 amide bonds. The van der Waals surface area contributed by atoms with E-state index in [1.165, 1.54) is 6.92 Å². The van der Waals surface area contributed by atoms with E-state index in [9.17, 15) is 180 Å². The van der Waals surface area contributed by atoms with E-state index >= 15 is 22.0 Å². The van der Waals surface area contributed by atoms with Crippen molar-refractivity contribution in [3.8, 4) is 44.5 Å². The Morgan fingerprint density at radius 2 is 0.587 bits per heavy atom. The van der Waals surface area contributed by atoms with Crippen LogP contribution in [-0.2, 0) is 9.73 Å². The number of unbranched alkanes of at least 4 members (excludes halogenated alkanes) is 3. The van der Waals surface area contributed by atoms with Crippen LogP contribution in [0.2, 0.25) is 0 Å². The van der Waals surface area contributed by atoms with Gasteiger partial charge in [-0.2, -0.15) is 48.3 Å². The standard InChI is InChI=1S/C28H37F14P.4C12H2F8.Al.H2O.O/c1-5-8-9-10-14-24(32,33)26(36,37)28(41,42)43(16-17(4)12-13-18(7-3)11-6-2)20-15-19(29)22(30)21(23(20)31)25(34,35)27(38,39)40;4*13-4-2-1-3(6(14)7(4)15)5-8(16)10(18)12(20)11(19)9(5)17;;;/h15,17-18H,5-14,16H2,1-4H3;4*1-2H;;1H2;/q;;;;;+1;;/p-1. The van der Waals surface area contributed by atoms with Crippen molar-refractivity contribution in [2.75, 3.05) is 6.16 Å². The summed E-state index contributed by atoms with van der Waals surface area (Å²) >= 11 is -1.50. The quantitative estimate of drug-likeness (QED) is 0.0183. The average molecular weight is 1920 g/mol. The zero-order chi connectivity index (χ0) is 97.1. The molecule has 9 aromatic carbocycles. The fourth-order valence-corrected chi connectivity index (χ4v) is 13.7. The van der Waals surface area contributed by atoms with Crippen LogP contribution in [0, 0.1) is 215 Å². The molecule has 0 radical (unpaired) electrons. The number of alkyl halides is 11. The van der Waals surface area contributed by atoms with Crippen LogP contribution in [-0.4, -0.2) is 49.5 Å². The summed E-state index contributed by atoms with van der Waals surface area (Å²) in [4.78, 5) is 0. The van der Waals surface area contributed by atoms with Crippen molar-refractivity contribution in [2.45, 2.75) is 122 Å². The third-order valence-corrected chi connectivity index (χ3v) is 20.4. The first kappa shape index (κ1) is 109. The van der Waals surface area contributed by atoms with Crippen molar-refractivity contribution in [2.24, 2.45) is 11.8 Å². The first-order valence-corrected chi connectivity index (χ1v) is 36.8. The van der Waals surface area contributed by atoms with E-state index in [0.717, 1.165) is 6.42 Å². The Kier molecular flexibility index (Phi) is 37.8. The van der Waals surface area contributed by atoms with Crippen LogP contribution in [0.4, 0.5) is 202 Å². The molecule has 9 aromatic rings. The van der Waals surface area contributed by atoms with Gasteiger partial charge in [0, 0.05) is 41.9 Å². The molecule has 50 heteroatoms. The summed E-state index contributed by atoms with van der Waals surface area (Å²) in [6.07, 6.45) is -7.24. The molecule has 0 aromatic heterocycles. The molecular formula is C76H46AlF46O2P. The number of halogens is 46. The average Bonchev–Trinajstić information content (AvgIpc) is 0.723. The monoisotopic (exact) mass is 1920 g/mol. The third-order valence-electron chi connectivity index (χ3n) is 17.5. The molecule has 2 nitrogen and oxygen atoms in total. The molecule has 0 aliphatic rings. The van der Waals surface area contributed by atoms with Crippen molar-refractivity contribution in [1.82, 2.24) is 0 Å². The van der Waals surface area contributed by atoms with Gasteiger partial charge < -0.3 is 0 Å². The molecule has 3 unspecified atom stereocenters. The molecule has 0 bridgehead atoms. The van der Waals surface area contributed by atoms with Crippen LogP contribution in [0.3, 0.4) is 0 Å². The Hall–Kier alpha value is -9.68. The second-order valence-corrected chi connectivity index (χ2v) is 28.2. The predicted molar refractivity (Wildman–Crippen MR) is 353 cm³/mol. The molecule has 0 saturated carbocycles. The fraction of sp³-hybridized carbons (Fsp3) is 0.289. The second kappa shape index (κ2) is 43.9. The van der Waals surface area contributed by atoms with Gasteiger partial charge in [-0.3, -0.25) is 0 Å². The molecule has 0 fully saturated rings. The van der Waals surface area contributed by atoms with E-state index in [2.05, 4.69) is 0 Å². The van der Waals surface area contributed by atoms with Crippen molar-refractivity contribution >= 4 is 28.7 Å². The Morgan fingerprint density at radius 3 is 0.833 bits per heavy atom. The second-order valence-electron chi connectivity index (χ2n) is 25.7. The summed E-state index contributed by atoms with van der Waals surface area (Å²) < 4.78 is 636. The molecule has 0 aliphatic carbocycles. The molecule has 3 atom stereocenters. The topological polar surface area (TPSA) is 37.3 Å². The van der Waals surface area contributed by atoms with E-state index in [-0.39, 0.29) is 18.8 Å². The summed E-state index contributed by atoms with van der Waals surface area (Å²) in [6, 6.07) is 2.14. The minimum absolute atomic E-state index is 0.0106. The van der Waals surface area contributed by atoms with Crippen LogP contribution < -0.4 is 5.30 Å². The van der Waals surface area contributed by atoms with E-state index in [4.69, 9.17) is 7.96 Å². The number of rotatable bonds is 22. The molecule has 0 heterocycles. The van der Waals surface area contributed by atoms with E-state index in [1.54, 1.807) is 6.92 Å². The molecule has 692 valence electrons. The predicted octanol–water partition coefficient (Wildman–Crippen LogP) is 28.8. The summed E-state index contributed by atoms with van der Waals surface area (Å²) in [5.41, 5.74) is -21.0. The Bertz CT molecular complexity index is 4840. The SMILES string of the molecule is CCCCCCC(F)(F)C(F)(F)C(F)(F)P(CC(C)CCC(CC)CCC)c1cc(F)c(F)c(C(F)(F)C(F)(F)F)c1F.Fc1ccc(-c2c(F)c(F)c(F)c(F)c2F)c(F)c1F.Fc1ccc(-c2c(F)c(F)c(F)c(F)c2F)c(F)c1F.Fc1ccc(-c2c(F)c(F)c(F)c(F)c2F)c(F)c1F.Fc1ccc(-c2c(F)c(F)c(F)c(F)c2F)c(F)c1F.[O]=[Al][OH]. The molecule has 1 N–H and O–H groups in total. The van der Waals surface area contributed by atoms with Crippen molar-refractivity contribution in [1.29, 1.82) is 0 Å². The van der Waals surface area contributed by atoms with Gasteiger partial charge in [0.15, 0.2) is 175 Å². The molecular weight excluding hydrogens is 1880 g/mol. The van der Waals surface area contributed by atoms with Gasteiger partial charge in [-0.05, 0) is 79.0 Å². The molecule has 0 saturated heterocycles. The summed E-state index contributed by atoms with van der Waals surface area (Å²) in [5.74, 6) is -98.3. The number of hydrogen-bond acceptors (Lipinski definition) is 1. The molecule has 0 spiro atoms. The zero-order valence-corrected chi connectivity index (χ0v) is 64.4. The minimum atomic E-state index is -6.75. The summed E-state index contributed by atoms with van der Waals surface area (Å²) in [6.45, 7) is 6.53. The van der Waals surface area contributed by atoms with Gasteiger partial charge in [-0.15, -0.1) is 0 Å². The van der Waals surface area contributed by atoms with Crippen molar-refractivity contribution in [3.05, 3.63) is 264 Å². The van der Waals surface area contributed by atoms with Crippen LogP contribution in [0.5, 0.6) is 0 Å². The Morgan fingerprint density at radius 1 is 0.317 bits per heavy atom. The Balaban J connectivity index is 0.000000342. The first-order chi connectivity index (χ1) is 58.0. The van der Waals surface area contributed by atoms with Crippen molar-refractivity contribution < 1.29 is 210 Å². The normalized spacial score (nSPS) is 12.5. The van der Waals surface area contributed by atoms with Gasteiger partial charge in [-0.1, -0.05) is 79.1 Å². The van der Waals surface area contributed by atoms with Crippen LogP contribution in [0.15, 0.2) is 54.6 Å². The van der Waals surface area contributed by atoms with Gasteiger partial charge in [0.1, 0.15) is 11.4 Å². The van der Waals surface area contributed by atoms with Gasteiger partial charge in [0.05, 0.1) is 22.3 Å². The van der Waals surface area contributed by atoms with E-state index in [1.807, 2.05) is 13.8 Å².